The van der Waals surface area contributed by atoms with Gasteiger partial charge in [-0.3, -0.25) is 14.4 Å². The summed E-state index contributed by atoms with van der Waals surface area (Å²) in [5, 5.41) is 10.2. The highest BCUT2D eigenvalue weighted by molar-refractivity contribution is 5.96. The van der Waals surface area contributed by atoms with E-state index in [9.17, 15) is 24.3 Å². The zero-order chi connectivity index (χ0) is 34.4. The molecule has 0 amide bonds. The highest BCUT2D eigenvalue weighted by Crippen LogP contribution is 2.75. The van der Waals surface area contributed by atoms with E-state index in [0.717, 1.165) is 37.7 Å². The molecule has 4 saturated carbocycles. The van der Waals surface area contributed by atoms with Crippen LogP contribution >= 0.6 is 0 Å². The Morgan fingerprint density at radius 1 is 1.00 bits per heavy atom. The van der Waals surface area contributed by atoms with Gasteiger partial charge in [0.25, 0.3) is 0 Å². The number of aliphatic carboxylic acids is 1. The fourth-order valence-electron chi connectivity index (χ4n) is 11.5. The third-order valence-electron chi connectivity index (χ3n) is 14.7. The van der Waals surface area contributed by atoms with E-state index in [1.54, 1.807) is 13.0 Å². The lowest BCUT2D eigenvalue weighted by Gasteiger charge is -2.70. The smallest absolute Gasteiger partial charge is 0.481 e. The van der Waals surface area contributed by atoms with Gasteiger partial charge in [0.05, 0.1) is 23.5 Å². The maximum absolute atomic E-state index is 14.7. The number of carbonyl (C=O) groups is 3. The Kier molecular flexibility index (Phi) is 7.97. The molecule has 47 heavy (non-hydrogen) atoms. The first kappa shape index (κ1) is 33.9. The van der Waals surface area contributed by atoms with Crippen LogP contribution in [0.25, 0.3) is 0 Å². The minimum atomic E-state index is -1.07. The van der Waals surface area contributed by atoms with E-state index in [4.69, 9.17) is 18.3 Å². The maximum Gasteiger partial charge on any atom is 0.519 e. The fraction of sp³-hybridized carbons (Fsp3) is 0.737. The van der Waals surface area contributed by atoms with Crippen molar-refractivity contribution >= 4 is 17.7 Å². The monoisotopic (exact) mass is 652 g/mol. The van der Waals surface area contributed by atoms with Crippen molar-refractivity contribution in [1.82, 2.24) is 0 Å². The highest BCUT2D eigenvalue weighted by atomic mass is 16.6. The lowest BCUT2D eigenvalue weighted by atomic mass is 9.33. The molecule has 5 aliphatic carbocycles. The third-order valence-corrected chi connectivity index (χ3v) is 14.7. The molecule has 10 atom stereocenters. The second kappa shape index (κ2) is 11.0. The number of hydrogen-bond donors (Lipinski definition) is 1. The van der Waals surface area contributed by atoms with Crippen molar-refractivity contribution in [1.29, 1.82) is 0 Å². The van der Waals surface area contributed by atoms with Crippen LogP contribution < -0.4 is 5.82 Å². The van der Waals surface area contributed by atoms with E-state index in [-0.39, 0.29) is 64.5 Å². The third kappa shape index (κ3) is 4.72. The molecule has 5 aliphatic rings. The van der Waals surface area contributed by atoms with E-state index >= 15 is 0 Å². The van der Waals surface area contributed by atoms with Gasteiger partial charge in [0.15, 0.2) is 23.9 Å². The molecule has 0 bridgehead atoms. The van der Waals surface area contributed by atoms with Gasteiger partial charge in [-0.25, -0.2) is 4.79 Å². The van der Waals surface area contributed by atoms with Crippen molar-refractivity contribution in [2.75, 3.05) is 6.61 Å². The summed E-state index contributed by atoms with van der Waals surface area (Å²) in [7, 11) is 0. The summed E-state index contributed by atoms with van der Waals surface area (Å²) < 4.78 is 22.3. The molecule has 258 valence electrons. The molecule has 1 N–H and O–H groups in total. The quantitative estimate of drug-likeness (QED) is 0.240. The lowest BCUT2D eigenvalue weighted by molar-refractivity contribution is -0.223. The number of carboxylic acids is 1. The van der Waals surface area contributed by atoms with Crippen LogP contribution in [-0.4, -0.2) is 35.5 Å². The van der Waals surface area contributed by atoms with Gasteiger partial charge in [-0.1, -0.05) is 39.3 Å². The van der Waals surface area contributed by atoms with Gasteiger partial charge in [-0.2, -0.15) is 0 Å². The van der Waals surface area contributed by atoms with Crippen molar-refractivity contribution in [2.24, 2.45) is 50.2 Å². The van der Waals surface area contributed by atoms with Gasteiger partial charge in [-0.05, 0) is 118 Å². The first-order chi connectivity index (χ1) is 21.9. The lowest BCUT2D eigenvalue weighted by Crippen LogP contribution is -2.68. The normalized spacial score (nSPS) is 44.2. The van der Waals surface area contributed by atoms with Gasteiger partial charge in [0.2, 0.25) is 0 Å². The van der Waals surface area contributed by atoms with Crippen LogP contribution in [0.3, 0.4) is 0 Å². The summed E-state index contributed by atoms with van der Waals surface area (Å²) in [6, 6.07) is 0. The number of ether oxygens (including phenoxy) is 2. The zero-order valence-corrected chi connectivity index (χ0v) is 29.2. The van der Waals surface area contributed by atoms with E-state index in [0.29, 0.717) is 25.7 Å². The molecule has 9 heteroatoms. The molecule has 0 aliphatic heterocycles. The van der Waals surface area contributed by atoms with Gasteiger partial charge in [0, 0.05) is 5.92 Å². The predicted molar refractivity (Wildman–Crippen MR) is 173 cm³/mol. The van der Waals surface area contributed by atoms with E-state index in [1.165, 1.54) is 0 Å². The molecule has 9 nitrogen and oxygen atoms in total. The Hall–Kier alpha value is -2.94. The highest BCUT2D eigenvalue weighted by Gasteiger charge is 2.72. The van der Waals surface area contributed by atoms with Crippen molar-refractivity contribution in [2.45, 2.75) is 119 Å². The summed E-state index contributed by atoms with van der Waals surface area (Å²) >= 11 is 0. The van der Waals surface area contributed by atoms with Gasteiger partial charge in [0.1, 0.15) is 0 Å². The Bertz CT molecular complexity index is 1580. The molecule has 1 aromatic heterocycles. The molecule has 0 spiro atoms. The van der Waals surface area contributed by atoms with E-state index < -0.39 is 40.1 Å². The van der Waals surface area contributed by atoms with Crippen LogP contribution in [0.1, 0.15) is 111 Å². The second-order valence-electron chi connectivity index (χ2n) is 17.0. The summed E-state index contributed by atoms with van der Waals surface area (Å²) in [6.07, 6.45) is 9.94. The standard InChI is InChI=1S/C38H52O9/c1-9-18-44-28-11-12-35(5)27(38(28,8)31(42)45-21-26-22(2)46-32(43)47-26)10-13-37(7)29(35)25(39)19-23-24-20-34(4,30(40)41)15-14-33(24,3)16-17-36(23,37)6/h9,19,24,27-29H,1,10-18,20-21H2,2-8H3,(H,40,41)/t24-,27?,28-,29+,33+,34-,35-,36+,37+,38-/m0/s1. The summed E-state index contributed by atoms with van der Waals surface area (Å²) in [4.78, 5) is 53.1. The Morgan fingerprint density at radius 3 is 2.34 bits per heavy atom. The van der Waals surface area contributed by atoms with Crippen molar-refractivity contribution in [3.63, 3.8) is 0 Å². The summed E-state index contributed by atoms with van der Waals surface area (Å²) in [6.45, 7) is 18.4. The molecular formula is C38H52O9. The average molecular weight is 653 g/mol. The molecule has 4 fully saturated rings. The summed E-state index contributed by atoms with van der Waals surface area (Å²) in [5.41, 5.74) is -1.90. The van der Waals surface area contributed by atoms with Crippen molar-refractivity contribution in [3.05, 3.63) is 46.4 Å². The molecular weight excluding hydrogens is 600 g/mol. The number of fused-ring (bicyclic) bond motifs is 7. The average Bonchev–Trinajstić information content (AvgIpc) is 3.33. The van der Waals surface area contributed by atoms with Crippen LogP contribution in [0.2, 0.25) is 0 Å². The Morgan fingerprint density at radius 2 is 1.70 bits per heavy atom. The SMILES string of the molecule is C=CCO[C@H]1CC[C@@]2(C)C(CC[C@]3(C)[C@@H]2C(=O)C=C2[C@@H]4C[C@@](C)(C(=O)O)CC[C@]4(C)CC[C@]23C)[C@]1(C)C(=O)OCc1oc(=O)oc1C. The number of carboxylic acid groups (broad SMARTS) is 1. The summed E-state index contributed by atoms with van der Waals surface area (Å²) in [5.74, 6) is -1.97. The molecule has 0 aromatic carbocycles. The second-order valence-corrected chi connectivity index (χ2v) is 17.0. The number of allylic oxidation sites excluding steroid dienone is 2. The maximum atomic E-state index is 14.7. The molecule has 1 unspecified atom stereocenters. The van der Waals surface area contributed by atoms with E-state index in [2.05, 4.69) is 34.3 Å². The van der Waals surface area contributed by atoms with Gasteiger partial charge in [-0.15, -0.1) is 6.58 Å². The minimum Gasteiger partial charge on any atom is -0.481 e. The van der Waals surface area contributed by atoms with Crippen LogP contribution in [-0.2, 0) is 30.5 Å². The number of aryl methyl sites for hydroxylation is 1. The molecule has 1 aromatic rings. The minimum absolute atomic E-state index is 0.0275. The first-order valence-electron chi connectivity index (χ1n) is 17.4. The first-order valence-corrected chi connectivity index (χ1v) is 17.4. The van der Waals surface area contributed by atoms with Crippen LogP contribution in [0.15, 0.2) is 37.9 Å². The van der Waals surface area contributed by atoms with E-state index in [1.807, 2.05) is 19.9 Å². The van der Waals surface area contributed by atoms with Crippen LogP contribution in [0, 0.1) is 57.2 Å². The van der Waals surface area contributed by atoms with Crippen LogP contribution in [0.5, 0.6) is 0 Å². The van der Waals surface area contributed by atoms with Gasteiger partial charge < -0.3 is 23.4 Å². The topological polar surface area (TPSA) is 133 Å². The molecule has 6 rings (SSSR count). The molecule has 0 saturated heterocycles. The fourth-order valence-corrected chi connectivity index (χ4v) is 11.5. The zero-order valence-electron chi connectivity index (χ0n) is 29.2. The number of esters is 1. The Balaban J connectivity index is 1.39. The number of hydrogen-bond acceptors (Lipinski definition) is 8. The number of rotatable bonds is 7. The largest absolute Gasteiger partial charge is 0.519 e. The molecule has 1 heterocycles. The number of carbonyl (C=O) groups excluding carboxylic acids is 2. The molecule has 0 radical (unpaired) electrons. The number of ketones is 1. The Labute approximate surface area is 277 Å². The van der Waals surface area contributed by atoms with Gasteiger partial charge >= 0.3 is 17.8 Å². The van der Waals surface area contributed by atoms with Crippen molar-refractivity contribution < 1.29 is 37.8 Å². The van der Waals surface area contributed by atoms with Crippen molar-refractivity contribution in [3.8, 4) is 0 Å². The predicted octanol–water partition coefficient (Wildman–Crippen LogP) is 7.20. The van der Waals surface area contributed by atoms with Crippen LogP contribution in [0.4, 0.5) is 0 Å².